The molecule has 35 heavy (non-hydrogen) atoms. The quantitative estimate of drug-likeness (QED) is 0.376. The fourth-order valence-corrected chi connectivity index (χ4v) is 5.55. The molecule has 0 radical (unpaired) electrons. The van der Waals surface area contributed by atoms with Crippen molar-refractivity contribution in [1.82, 2.24) is 0 Å². The highest BCUT2D eigenvalue weighted by atomic mass is 16.5. The topological polar surface area (TPSA) is 84.0 Å². The standard InChI is InChI=1S/C28H30N2O5/c1-16-8-9-20(12-17(16)2)29-15-19(14-25(29)31)28(34)35-21-10-11-24(18(3)13-21)30-26(32)22-6-4-5-7-23(22)27(30)33/h8-13,19,22-23H,4-7,14-15H2,1-3H3/t19-,22-,23+/m0/s1. The van der Waals surface area contributed by atoms with Gasteiger partial charge in [0.15, 0.2) is 0 Å². The highest BCUT2D eigenvalue weighted by Crippen LogP contribution is 2.41. The number of aryl methyl sites for hydroxylation is 3. The molecule has 7 heteroatoms. The van der Waals surface area contributed by atoms with E-state index in [1.165, 1.54) is 4.90 Å². The Bertz CT molecular complexity index is 1210. The summed E-state index contributed by atoms with van der Waals surface area (Å²) in [5, 5.41) is 0. The second kappa shape index (κ2) is 8.95. The van der Waals surface area contributed by atoms with E-state index in [-0.39, 0.29) is 42.5 Å². The molecule has 0 spiro atoms. The van der Waals surface area contributed by atoms with Crippen molar-refractivity contribution >= 4 is 35.1 Å². The average Bonchev–Trinajstić information content (AvgIpc) is 3.34. The lowest BCUT2D eigenvalue weighted by Gasteiger charge is -2.19. The minimum atomic E-state index is -0.561. The number of amides is 3. The maximum atomic E-state index is 12.9. The number of nitrogens with zero attached hydrogens (tertiary/aromatic N) is 2. The molecule has 0 N–H and O–H groups in total. The first-order valence-electron chi connectivity index (χ1n) is 12.3. The van der Waals surface area contributed by atoms with Gasteiger partial charge in [0, 0.05) is 18.7 Å². The summed E-state index contributed by atoms with van der Waals surface area (Å²) in [4.78, 5) is 54.3. The molecule has 2 saturated heterocycles. The number of rotatable bonds is 4. The van der Waals surface area contributed by atoms with Crippen molar-refractivity contribution in [1.29, 1.82) is 0 Å². The molecule has 0 aromatic heterocycles. The largest absolute Gasteiger partial charge is 0.426 e. The normalized spacial score (nSPS) is 24.2. The molecule has 0 bridgehead atoms. The van der Waals surface area contributed by atoms with E-state index in [9.17, 15) is 19.2 Å². The zero-order valence-corrected chi connectivity index (χ0v) is 20.4. The number of hydrogen-bond acceptors (Lipinski definition) is 5. The van der Waals surface area contributed by atoms with Crippen molar-refractivity contribution in [3.8, 4) is 5.75 Å². The number of carbonyl (C=O) groups excluding carboxylic acids is 4. The van der Waals surface area contributed by atoms with Crippen molar-refractivity contribution in [3.63, 3.8) is 0 Å². The number of ether oxygens (including phenoxy) is 1. The van der Waals surface area contributed by atoms with Crippen LogP contribution in [-0.2, 0) is 19.2 Å². The van der Waals surface area contributed by atoms with E-state index >= 15 is 0 Å². The SMILES string of the molecule is Cc1ccc(N2C[C@@H](C(=O)Oc3ccc(N4C(=O)[C@H]5CCCC[C@H]5C4=O)c(C)c3)CC2=O)cc1C. The Morgan fingerprint density at radius 1 is 0.857 bits per heavy atom. The van der Waals surface area contributed by atoms with Crippen molar-refractivity contribution in [2.24, 2.45) is 17.8 Å². The van der Waals surface area contributed by atoms with Crippen LogP contribution in [0.1, 0.15) is 48.8 Å². The van der Waals surface area contributed by atoms with Gasteiger partial charge in [0.1, 0.15) is 5.75 Å². The van der Waals surface area contributed by atoms with Gasteiger partial charge < -0.3 is 9.64 Å². The summed E-state index contributed by atoms with van der Waals surface area (Å²) in [7, 11) is 0. The molecular weight excluding hydrogens is 444 g/mol. The highest BCUT2D eigenvalue weighted by Gasteiger charge is 2.49. The fourth-order valence-electron chi connectivity index (χ4n) is 5.55. The predicted octanol–water partition coefficient (Wildman–Crippen LogP) is 4.25. The first-order chi connectivity index (χ1) is 16.7. The molecule has 0 unspecified atom stereocenters. The molecule has 7 nitrogen and oxygen atoms in total. The Hall–Kier alpha value is -3.48. The van der Waals surface area contributed by atoms with Crippen LogP contribution >= 0.6 is 0 Å². The zero-order valence-electron chi connectivity index (χ0n) is 20.4. The lowest BCUT2D eigenvalue weighted by atomic mass is 9.81. The van der Waals surface area contributed by atoms with E-state index in [0.29, 0.717) is 17.0 Å². The number of fused-ring (bicyclic) bond motifs is 1. The Morgan fingerprint density at radius 2 is 1.54 bits per heavy atom. The lowest BCUT2D eigenvalue weighted by molar-refractivity contribution is -0.139. The van der Waals surface area contributed by atoms with Gasteiger partial charge in [-0.25, -0.2) is 4.90 Å². The van der Waals surface area contributed by atoms with Gasteiger partial charge >= 0.3 is 5.97 Å². The zero-order chi connectivity index (χ0) is 24.9. The number of hydrogen-bond donors (Lipinski definition) is 0. The monoisotopic (exact) mass is 474 g/mol. The molecule has 2 aromatic carbocycles. The second-order valence-electron chi connectivity index (χ2n) is 10.1. The summed E-state index contributed by atoms with van der Waals surface area (Å²) >= 11 is 0. The van der Waals surface area contributed by atoms with Crippen LogP contribution in [0.4, 0.5) is 11.4 Å². The van der Waals surface area contributed by atoms with E-state index in [0.717, 1.165) is 42.5 Å². The maximum absolute atomic E-state index is 12.9. The van der Waals surface area contributed by atoms with Crippen molar-refractivity contribution in [2.75, 3.05) is 16.3 Å². The molecule has 3 aliphatic rings. The van der Waals surface area contributed by atoms with Crippen LogP contribution in [0.25, 0.3) is 0 Å². The van der Waals surface area contributed by atoms with Gasteiger partial charge in [0.25, 0.3) is 0 Å². The summed E-state index contributed by atoms with van der Waals surface area (Å²) in [6.45, 7) is 6.09. The smallest absolute Gasteiger partial charge is 0.316 e. The molecule has 3 amide bonds. The van der Waals surface area contributed by atoms with Gasteiger partial charge in [0.2, 0.25) is 17.7 Å². The molecule has 3 fully saturated rings. The minimum absolute atomic E-state index is 0.0996. The summed E-state index contributed by atoms with van der Waals surface area (Å²) in [5.74, 6) is -1.46. The third-order valence-corrected chi connectivity index (χ3v) is 7.73. The Balaban J connectivity index is 1.28. The van der Waals surface area contributed by atoms with Gasteiger partial charge in [-0.15, -0.1) is 0 Å². The molecule has 3 atom stereocenters. The first kappa shape index (κ1) is 23.3. The van der Waals surface area contributed by atoms with E-state index in [2.05, 4.69) is 0 Å². The number of benzene rings is 2. The van der Waals surface area contributed by atoms with E-state index < -0.39 is 11.9 Å². The van der Waals surface area contributed by atoms with Crippen LogP contribution in [0.2, 0.25) is 0 Å². The van der Waals surface area contributed by atoms with E-state index in [4.69, 9.17) is 4.74 Å². The number of anilines is 2. The van der Waals surface area contributed by atoms with Gasteiger partial charge in [-0.1, -0.05) is 18.9 Å². The van der Waals surface area contributed by atoms with Crippen LogP contribution in [0.3, 0.4) is 0 Å². The number of carbonyl (C=O) groups is 4. The summed E-state index contributed by atoms with van der Waals surface area (Å²) in [6, 6.07) is 10.8. The van der Waals surface area contributed by atoms with E-state index in [1.54, 1.807) is 30.0 Å². The highest BCUT2D eigenvalue weighted by molar-refractivity contribution is 6.22. The Labute approximate surface area is 205 Å². The molecule has 5 rings (SSSR count). The fraction of sp³-hybridized carbons (Fsp3) is 0.429. The molecule has 2 aromatic rings. The summed E-state index contributed by atoms with van der Waals surface area (Å²) < 4.78 is 5.61. The van der Waals surface area contributed by atoms with Crippen LogP contribution in [-0.4, -0.2) is 30.2 Å². The van der Waals surface area contributed by atoms with Crippen LogP contribution in [0.5, 0.6) is 5.75 Å². The van der Waals surface area contributed by atoms with Crippen LogP contribution < -0.4 is 14.5 Å². The van der Waals surface area contributed by atoms with Crippen LogP contribution in [0.15, 0.2) is 36.4 Å². The predicted molar refractivity (Wildman–Crippen MR) is 131 cm³/mol. The number of imide groups is 1. The van der Waals surface area contributed by atoms with Gasteiger partial charge in [0.05, 0.1) is 23.4 Å². The molecule has 1 aliphatic carbocycles. The first-order valence-corrected chi connectivity index (χ1v) is 12.3. The van der Waals surface area contributed by atoms with Crippen molar-refractivity contribution in [3.05, 3.63) is 53.1 Å². The Morgan fingerprint density at radius 3 is 2.17 bits per heavy atom. The molecule has 2 aliphatic heterocycles. The van der Waals surface area contributed by atoms with Gasteiger partial charge in [-0.05, 0) is 80.6 Å². The van der Waals surface area contributed by atoms with Gasteiger partial charge in [-0.2, -0.15) is 0 Å². The van der Waals surface area contributed by atoms with Gasteiger partial charge in [-0.3, -0.25) is 19.2 Å². The number of esters is 1. The summed E-state index contributed by atoms with van der Waals surface area (Å²) in [5.41, 5.74) is 4.26. The average molecular weight is 475 g/mol. The second-order valence-corrected chi connectivity index (χ2v) is 10.1. The van der Waals surface area contributed by atoms with Crippen molar-refractivity contribution in [2.45, 2.75) is 52.9 Å². The third-order valence-electron chi connectivity index (χ3n) is 7.73. The Kier molecular flexibility index (Phi) is 5.95. The molecule has 182 valence electrons. The van der Waals surface area contributed by atoms with E-state index in [1.807, 2.05) is 32.0 Å². The minimum Gasteiger partial charge on any atom is -0.426 e. The molecule has 1 saturated carbocycles. The van der Waals surface area contributed by atoms with Crippen LogP contribution in [0, 0.1) is 38.5 Å². The lowest BCUT2D eigenvalue weighted by Crippen LogP contribution is -2.31. The molecule has 2 heterocycles. The van der Waals surface area contributed by atoms with Crippen molar-refractivity contribution < 1.29 is 23.9 Å². The third kappa shape index (κ3) is 4.13. The maximum Gasteiger partial charge on any atom is 0.316 e. The molecular formula is C28H30N2O5. The summed E-state index contributed by atoms with van der Waals surface area (Å²) in [6.07, 6.45) is 3.58.